The van der Waals surface area contributed by atoms with Crippen LogP contribution in [0.25, 0.3) is 6.08 Å². The first-order chi connectivity index (χ1) is 15.2. The van der Waals surface area contributed by atoms with Gasteiger partial charge in [-0.3, -0.25) is 0 Å². The summed E-state index contributed by atoms with van der Waals surface area (Å²) in [5, 5.41) is 29.0. The molecule has 0 aliphatic carbocycles. The number of carbonyl (C=O) groups is 2. The summed E-state index contributed by atoms with van der Waals surface area (Å²) in [5.41, 5.74) is 1.64. The van der Waals surface area contributed by atoms with Crippen LogP contribution < -0.4 is 0 Å². The SMILES string of the molecule is CN(C)CCO/N=C(\C=C\c1ccc(O)cc1)c1ccccc1F.O=C(O)/C=C/C(=O)O. The van der Waals surface area contributed by atoms with Gasteiger partial charge in [0.15, 0.2) is 0 Å². The molecule has 2 rings (SSSR count). The average Bonchev–Trinajstić information content (AvgIpc) is 2.74. The van der Waals surface area contributed by atoms with Crippen molar-refractivity contribution in [3.05, 3.63) is 83.7 Å². The highest BCUT2D eigenvalue weighted by Crippen LogP contribution is 2.13. The fourth-order valence-corrected chi connectivity index (χ4v) is 2.08. The normalized spacial score (nSPS) is 11.4. The molecule has 170 valence electrons. The van der Waals surface area contributed by atoms with Crippen LogP contribution in [0.2, 0.25) is 0 Å². The number of aromatic hydroxyl groups is 1. The Labute approximate surface area is 185 Å². The predicted molar refractivity (Wildman–Crippen MR) is 119 cm³/mol. The minimum atomic E-state index is -1.26. The Morgan fingerprint density at radius 2 is 1.59 bits per heavy atom. The van der Waals surface area contributed by atoms with Crippen molar-refractivity contribution in [1.29, 1.82) is 0 Å². The maximum atomic E-state index is 14.0. The largest absolute Gasteiger partial charge is 0.508 e. The van der Waals surface area contributed by atoms with Gasteiger partial charge in [-0.2, -0.15) is 0 Å². The van der Waals surface area contributed by atoms with Crippen molar-refractivity contribution in [1.82, 2.24) is 4.90 Å². The Morgan fingerprint density at radius 1 is 1.00 bits per heavy atom. The van der Waals surface area contributed by atoms with Crippen molar-refractivity contribution >= 4 is 23.7 Å². The molecule has 0 bridgehead atoms. The molecule has 0 radical (unpaired) electrons. The standard InChI is InChI=1S/C19H21FN2O2.C4H4O4/c1-22(2)13-14-24-21-19(17-5-3-4-6-18(17)20)12-9-15-7-10-16(23)11-8-15;5-3(6)1-2-4(7)8/h3-12,23H,13-14H2,1-2H3;1-2H,(H,5,6)(H,7,8)/b12-9+,21-19+;2-1+. The molecule has 2 aromatic carbocycles. The second-order valence-corrected chi connectivity index (χ2v) is 6.53. The van der Waals surface area contributed by atoms with Gasteiger partial charge in [0.1, 0.15) is 23.9 Å². The third-order valence-corrected chi connectivity index (χ3v) is 3.64. The number of hydrogen-bond donors (Lipinski definition) is 3. The lowest BCUT2D eigenvalue weighted by molar-refractivity contribution is -0.134. The molecule has 9 heteroatoms. The van der Waals surface area contributed by atoms with Crippen LogP contribution >= 0.6 is 0 Å². The number of halogens is 1. The van der Waals surface area contributed by atoms with E-state index in [1.807, 2.05) is 19.0 Å². The summed E-state index contributed by atoms with van der Waals surface area (Å²) in [6.07, 6.45) is 4.60. The van der Waals surface area contributed by atoms with Crippen LogP contribution in [0.3, 0.4) is 0 Å². The number of allylic oxidation sites excluding steroid dienone is 1. The molecule has 0 atom stereocenters. The highest BCUT2D eigenvalue weighted by Gasteiger charge is 2.07. The molecule has 0 aromatic heterocycles. The van der Waals surface area contributed by atoms with Gasteiger partial charge in [-0.25, -0.2) is 14.0 Å². The van der Waals surface area contributed by atoms with Gasteiger partial charge in [0.05, 0.1) is 0 Å². The Kier molecular flexibility index (Phi) is 11.5. The lowest BCUT2D eigenvalue weighted by Gasteiger charge is -2.08. The molecule has 0 saturated heterocycles. The molecule has 8 nitrogen and oxygen atoms in total. The quantitative estimate of drug-likeness (QED) is 0.235. The molecule has 0 unspecified atom stereocenters. The molecule has 2 aromatic rings. The maximum absolute atomic E-state index is 14.0. The fraction of sp³-hybridized carbons (Fsp3) is 0.174. The summed E-state index contributed by atoms with van der Waals surface area (Å²) in [6, 6.07) is 13.1. The molecule has 0 amide bonds. The van der Waals surface area contributed by atoms with Crippen molar-refractivity contribution in [3.63, 3.8) is 0 Å². The minimum Gasteiger partial charge on any atom is -0.508 e. The smallest absolute Gasteiger partial charge is 0.328 e. The summed E-state index contributed by atoms with van der Waals surface area (Å²) in [5.74, 6) is -2.68. The number of oxime groups is 1. The third-order valence-electron chi connectivity index (χ3n) is 3.64. The van der Waals surface area contributed by atoms with E-state index < -0.39 is 11.9 Å². The first-order valence-corrected chi connectivity index (χ1v) is 9.39. The first-order valence-electron chi connectivity index (χ1n) is 9.39. The van der Waals surface area contributed by atoms with Gasteiger partial charge in [0, 0.05) is 24.3 Å². The predicted octanol–water partition coefficient (Wildman–Crippen LogP) is 3.24. The number of phenols is 1. The van der Waals surface area contributed by atoms with E-state index in [0.29, 0.717) is 30.0 Å². The van der Waals surface area contributed by atoms with E-state index in [0.717, 1.165) is 12.1 Å². The summed E-state index contributed by atoms with van der Waals surface area (Å²) < 4.78 is 14.0. The fourth-order valence-electron chi connectivity index (χ4n) is 2.08. The maximum Gasteiger partial charge on any atom is 0.328 e. The lowest BCUT2D eigenvalue weighted by atomic mass is 10.1. The van der Waals surface area contributed by atoms with Crippen LogP contribution in [-0.2, 0) is 14.4 Å². The van der Waals surface area contributed by atoms with E-state index in [2.05, 4.69) is 5.16 Å². The number of hydrogen-bond acceptors (Lipinski definition) is 6. The van der Waals surface area contributed by atoms with Crippen molar-refractivity contribution in [2.75, 3.05) is 27.2 Å². The van der Waals surface area contributed by atoms with Crippen LogP contribution in [0.15, 0.2) is 71.9 Å². The van der Waals surface area contributed by atoms with E-state index >= 15 is 0 Å². The van der Waals surface area contributed by atoms with E-state index in [1.54, 1.807) is 54.6 Å². The van der Waals surface area contributed by atoms with E-state index in [1.165, 1.54) is 6.07 Å². The number of rotatable bonds is 9. The van der Waals surface area contributed by atoms with Crippen LogP contribution in [0, 0.1) is 5.82 Å². The number of nitrogens with zero attached hydrogens (tertiary/aromatic N) is 2. The molecule has 0 saturated carbocycles. The zero-order valence-electron chi connectivity index (χ0n) is 17.7. The molecule has 0 fully saturated rings. The van der Waals surface area contributed by atoms with Crippen molar-refractivity contribution in [2.24, 2.45) is 5.16 Å². The van der Waals surface area contributed by atoms with Gasteiger partial charge in [-0.05, 0) is 50.0 Å². The van der Waals surface area contributed by atoms with Crippen LogP contribution in [0.4, 0.5) is 4.39 Å². The van der Waals surface area contributed by atoms with Gasteiger partial charge >= 0.3 is 11.9 Å². The summed E-state index contributed by atoms with van der Waals surface area (Å²) in [4.78, 5) is 26.4. The number of likely N-dealkylation sites (N-methyl/N-ethyl adjacent to an activating group) is 1. The number of aliphatic carboxylic acids is 2. The highest BCUT2D eigenvalue weighted by molar-refractivity contribution is 6.10. The lowest BCUT2D eigenvalue weighted by Crippen LogP contribution is -2.17. The highest BCUT2D eigenvalue weighted by atomic mass is 19.1. The third kappa shape index (κ3) is 11.3. The number of benzene rings is 2. The molecule has 3 N–H and O–H groups in total. The van der Waals surface area contributed by atoms with Crippen LogP contribution in [0.5, 0.6) is 5.75 Å². The molecular formula is C23H25FN2O6. The minimum absolute atomic E-state index is 0.196. The Hall–Kier alpha value is -3.98. The topological polar surface area (TPSA) is 120 Å². The molecule has 0 aliphatic heterocycles. The van der Waals surface area contributed by atoms with Crippen LogP contribution in [-0.4, -0.2) is 65.1 Å². The zero-order valence-corrected chi connectivity index (χ0v) is 17.7. The van der Waals surface area contributed by atoms with Gasteiger partial charge < -0.3 is 25.1 Å². The number of carboxylic acid groups (broad SMARTS) is 2. The van der Waals surface area contributed by atoms with Gasteiger partial charge in [-0.15, -0.1) is 0 Å². The van der Waals surface area contributed by atoms with Crippen molar-refractivity contribution in [3.8, 4) is 5.75 Å². The van der Waals surface area contributed by atoms with Gasteiger partial charge in [0.2, 0.25) is 0 Å². The number of carboxylic acids is 2. The molecule has 32 heavy (non-hydrogen) atoms. The summed E-state index contributed by atoms with van der Waals surface area (Å²) >= 11 is 0. The first kappa shape index (κ1) is 26.1. The Balaban J connectivity index is 0.000000547. The van der Waals surface area contributed by atoms with E-state index in [-0.39, 0.29) is 11.6 Å². The summed E-state index contributed by atoms with van der Waals surface area (Å²) in [6.45, 7) is 1.13. The van der Waals surface area contributed by atoms with Gasteiger partial charge in [-0.1, -0.05) is 35.5 Å². The molecule has 0 spiro atoms. The van der Waals surface area contributed by atoms with Gasteiger partial charge in [0.25, 0.3) is 0 Å². The van der Waals surface area contributed by atoms with E-state index in [4.69, 9.17) is 15.1 Å². The second-order valence-electron chi connectivity index (χ2n) is 6.53. The number of phenolic OH excluding ortho intramolecular Hbond substituents is 1. The van der Waals surface area contributed by atoms with Crippen molar-refractivity contribution in [2.45, 2.75) is 0 Å². The summed E-state index contributed by atoms with van der Waals surface area (Å²) in [7, 11) is 3.88. The van der Waals surface area contributed by atoms with E-state index in [9.17, 15) is 19.1 Å². The second kappa shape index (κ2) is 14.1. The zero-order chi connectivity index (χ0) is 23.9. The Morgan fingerprint density at radius 3 is 2.12 bits per heavy atom. The molecule has 0 aliphatic rings. The molecule has 0 heterocycles. The van der Waals surface area contributed by atoms with Crippen LogP contribution in [0.1, 0.15) is 11.1 Å². The monoisotopic (exact) mass is 444 g/mol. The average molecular weight is 444 g/mol. The molecular weight excluding hydrogens is 419 g/mol. The Bertz CT molecular complexity index is 953. The van der Waals surface area contributed by atoms with Crippen molar-refractivity contribution < 1.29 is 34.1 Å².